The average Bonchev–Trinajstić information content (AvgIpc) is 1.99. The Morgan fingerprint density at radius 1 is 0.545 bits per heavy atom. The van der Waals surface area contributed by atoms with E-state index in [0.29, 0.717) is 10.8 Å². The van der Waals surface area contributed by atoms with Crippen molar-refractivity contribution in [3.63, 3.8) is 0 Å². The van der Waals surface area contributed by atoms with Crippen molar-refractivity contribution in [3.05, 3.63) is 0 Å². The Hall–Kier alpha value is 0.354. The maximum Gasteiger partial charge on any atom is 0.184 e. The topological polar surface area (TPSA) is 18.5 Å². The molecule has 4 rings (SSSR count). The van der Waals surface area contributed by atoms with Gasteiger partial charge in [0.2, 0.25) is 0 Å². The van der Waals surface area contributed by atoms with E-state index in [1.807, 2.05) is 0 Å². The van der Waals surface area contributed by atoms with Gasteiger partial charge in [-0.25, -0.2) is 0 Å². The molecule has 0 saturated heterocycles. The molecule has 0 aromatic carbocycles. The molecule has 4 heteroatoms. The summed E-state index contributed by atoms with van der Waals surface area (Å²) in [5, 5.41) is 0. The molecule has 4 aliphatic rings. The molecule has 0 N–H and O–H groups in total. The van der Waals surface area contributed by atoms with Crippen LogP contribution in [0, 0.1) is 10.8 Å². The Morgan fingerprint density at radius 2 is 0.864 bits per heavy atom. The molecular weight excluding hydrogens is 304 g/mol. The Labute approximate surface area is 139 Å². The minimum Gasteiger partial charge on any atom is -0.412 e. The molecule has 0 unspecified atom stereocenters. The first-order valence-corrected chi connectivity index (χ1v) is 15.9. The highest BCUT2D eigenvalue weighted by molar-refractivity contribution is 6.70. The summed E-state index contributed by atoms with van der Waals surface area (Å²) < 4.78 is 13.8. The summed E-state index contributed by atoms with van der Waals surface area (Å²) in [6.45, 7) is 19.1. The predicted octanol–water partition coefficient (Wildman–Crippen LogP) is 5.56. The molecule has 0 amide bonds. The van der Waals surface area contributed by atoms with Crippen molar-refractivity contribution in [3.8, 4) is 0 Å². The van der Waals surface area contributed by atoms with Crippen LogP contribution in [0.1, 0.15) is 52.4 Å². The van der Waals surface area contributed by atoms with E-state index in [9.17, 15) is 0 Å². The molecule has 128 valence electrons. The minimum absolute atomic E-state index is 0.0996. The fraction of sp³-hybridized carbons (Fsp3) is 1.00. The van der Waals surface area contributed by atoms with Crippen LogP contribution in [-0.2, 0) is 8.85 Å². The molecule has 0 spiro atoms. The normalized spacial score (nSPS) is 48.0. The highest BCUT2D eigenvalue weighted by atomic mass is 28.4. The lowest BCUT2D eigenvalue weighted by Gasteiger charge is -2.70. The zero-order chi connectivity index (χ0) is 16.7. The molecule has 4 saturated carbocycles. The van der Waals surface area contributed by atoms with E-state index < -0.39 is 16.6 Å². The summed E-state index contributed by atoms with van der Waals surface area (Å²) in [7, 11) is -3.09. The maximum atomic E-state index is 6.88. The summed E-state index contributed by atoms with van der Waals surface area (Å²) >= 11 is 0. The lowest BCUT2D eigenvalue weighted by molar-refractivity contribution is -0.238. The van der Waals surface area contributed by atoms with Crippen LogP contribution in [-0.4, -0.2) is 27.8 Å². The minimum atomic E-state index is -1.54. The lowest BCUT2D eigenvalue weighted by atomic mass is 9.42. The van der Waals surface area contributed by atoms with Crippen LogP contribution in [0.25, 0.3) is 0 Å². The standard InChI is InChI=1S/C18H36O2Si2/c1-15-9-16(2)12-17(10-15,19-21(3,4)5)14-18(11-15,13-16)20-22(6,7)8/h9-14H2,1-8H3. The van der Waals surface area contributed by atoms with Crippen molar-refractivity contribution in [1.29, 1.82) is 0 Å². The highest BCUT2D eigenvalue weighted by Gasteiger charge is 2.67. The van der Waals surface area contributed by atoms with Crippen LogP contribution in [0.15, 0.2) is 0 Å². The summed E-state index contributed by atoms with van der Waals surface area (Å²) in [5.74, 6) is 0. The molecule has 22 heavy (non-hydrogen) atoms. The Morgan fingerprint density at radius 3 is 1.14 bits per heavy atom. The molecule has 0 aliphatic heterocycles. The zero-order valence-corrected chi connectivity index (χ0v) is 18.1. The summed E-state index contributed by atoms with van der Waals surface area (Å²) in [5.41, 5.74) is 1.04. The van der Waals surface area contributed by atoms with Crippen LogP contribution < -0.4 is 0 Å². The molecular formula is C18H36O2Si2. The zero-order valence-electron chi connectivity index (χ0n) is 16.1. The van der Waals surface area contributed by atoms with Crippen LogP contribution in [0.4, 0.5) is 0 Å². The molecule has 0 aromatic rings. The Bertz CT molecular complexity index is 407. The second-order valence-electron chi connectivity index (χ2n) is 11.5. The molecule has 4 aliphatic carbocycles. The lowest BCUT2D eigenvalue weighted by Crippen LogP contribution is -2.69. The van der Waals surface area contributed by atoms with E-state index in [1.54, 1.807) is 0 Å². The van der Waals surface area contributed by atoms with Gasteiger partial charge in [0.1, 0.15) is 0 Å². The van der Waals surface area contributed by atoms with E-state index in [4.69, 9.17) is 8.85 Å². The molecule has 0 heterocycles. The van der Waals surface area contributed by atoms with E-state index in [1.165, 1.54) is 32.1 Å². The van der Waals surface area contributed by atoms with Gasteiger partial charge in [0.25, 0.3) is 0 Å². The van der Waals surface area contributed by atoms with Gasteiger partial charge >= 0.3 is 0 Å². The summed E-state index contributed by atoms with van der Waals surface area (Å²) in [6.07, 6.45) is 7.56. The van der Waals surface area contributed by atoms with Gasteiger partial charge in [-0.3, -0.25) is 0 Å². The second kappa shape index (κ2) is 4.50. The summed E-state index contributed by atoms with van der Waals surface area (Å²) in [4.78, 5) is 0. The first-order valence-electron chi connectivity index (χ1n) is 9.06. The third-order valence-corrected chi connectivity index (χ3v) is 7.63. The molecule has 0 radical (unpaired) electrons. The monoisotopic (exact) mass is 340 g/mol. The predicted molar refractivity (Wildman–Crippen MR) is 98.2 cm³/mol. The van der Waals surface area contributed by atoms with Crippen molar-refractivity contribution in [1.82, 2.24) is 0 Å². The van der Waals surface area contributed by atoms with Gasteiger partial charge in [-0.05, 0) is 82.2 Å². The SMILES string of the molecule is CC12CC3(C)CC(O[Si](C)(C)C)(C1)CC(O[Si](C)(C)C)(C2)C3. The number of rotatable bonds is 4. The van der Waals surface area contributed by atoms with Gasteiger partial charge in [-0.2, -0.15) is 0 Å². The van der Waals surface area contributed by atoms with Crippen LogP contribution in [0.5, 0.6) is 0 Å². The first kappa shape index (κ1) is 17.2. The third kappa shape index (κ3) is 3.26. The second-order valence-corrected chi connectivity index (χ2v) is 20.3. The molecule has 0 atom stereocenters. The molecule has 2 nitrogen and oxygen atoms in total. The van der Waals surface area contributed by atoms with E-state index in [0.717, 1.165) is 6.42 Å². The van der Waals surface area contributed by atoms with Crippen LogP contribution in [0.3, 0.4) is 0 Å². The van der Waals surface area contributed by atoms with Crippen molar-refractivity contribution >= 4 is 16.6 Å². The molecule has 4 bridgehead atoms. The fourth-order valence-electron chi connectivity index (χ4n) is 6.99. The van der Waals surface area contributed by atoms with Crippen molar-refractivity contribution in [2.75, 3.05) is 0 Å². The fourth-order valence-corrected chi connectivity index (χ4v) is 10.0. The number of hydrogen-bond acceptors (Lipinski definition) is 2. The molecule has 0 aromatic heterocycles. The Balaban J connectivity index is 1.99. The summed E-state index contributed by atoms with van der Waals surface area (Å²) in [6, 6.07) is 0. The highest BCUT2D eigenvalue weighted by Crippen LogP contribution is 2.70. The number of hydrogen-bond donors (Lipinski definition) is 0. The van der Waals surface area contributed by atoms with Gasteiger partial charge in [0.15, 0.2) is 16.6 Å². The van der Waals surface area contributed by atoms with Crippen molar-refractivity contribution in [2.45, 2.75) is 103 Å². The maximum absolute atomic E-state index is 6.88. The van der Waals surface area contributed by atoms with E-state index in [2.05, 4.69) is 53.1 Å². The Kier molecular flexibility index (Phi) is 3.51. The van der Waals surface area contributed by atoms with Crippen LogP contribution in [0.2, 0.25) is 39.3 Å². The van der Waals surface area contributed by atoms with Gasteiger partial charge in [-0.1, -0.05) is 13.8 Å². The quantitative estimate of drug-likeness (QED) is 0.624. The average molecular weight is 341 g/mol. The van der Waals surface area contributed by atoms with Gasteiger partial charge in [0, 0.05) is 6.42 Å². The van der Waals surface area contributed by atoms with E-state index in [-0.39, 0.29) is 11.2 Å². The van der Waals surface area contributed by atoms with E-state index >= 15 is 0 Å². The smallest absolute Gasteiger partial charge is 0.184 e. The third-order valence-electron chi connectivity index (χ3n) is 5.54. The van der Waals surface area contributed by atoms with Gasteiger partial charge < -0.3 is 8.85 Å². The largest absolute Gasteiger partial charge is 0.412 e. The first-order chi connectivity index (χ1) is 9.66. The van der Waals surface area contributed by atoms with Crippen molar-refractivity contribution < 1.29 is 8.85 Å². The van der Waals surface area contributed by atoms with Gasteiger partial charge in [-0.15, -0.1) is 0 Å². The molecule has 4 fully saturated rings. The van der Waals surface area contributed by atoms with Gasteiger partial charge in [0.05, 0.1) is 11.2 Å². The van der Waals surface area contributed by atoms with Crippen LogP contribution >= 0.6 is 0 Å². The van der Waals surface area contributed by atoms with Crippen molar-refractivity contribution in [2.24, 2.45) is 10.8 Å².